The van der Waals surface area contributed by atoms with Gasteiger partial charge >= 0.3 is 0 Å². The lowest BCUT2D eigenvalue weighted by atomic mass is 10.1. The van der Waals surface area contributed by atoms with Gasteiger partial charge < -0.3 is 5.32 Å². The van der Waals surface area contributed by atoms with E-state index in [2.05, 4.69) is 30.6 Å². The van der Waals surface area contributed by atoms with Crippen molar-refractivity contribution in [2.75, 3.05) is 0 Å². The predicted octanol–water partition coefficient (Wildman–Crippen LogP) is 1.82. The second-order valence-corrected chi connectivity index (χ2v) is 5.74. The Morgan fingerprint density at radius 1 is 1.08 bits per heavy atom. The number of aromatic nitrogens is 6. The second kappa shape index (κ2) is 6.67. The van der Waals surface area contributed by atoms with Crippen LogP contribution < -0.4 is 5.32 Å². The van der Waals surface area contributed by atoms with Gasteiger partial charge in [-0.25, -0.2) is 4.98 Å². The highest BCUT2D eigenvalue weighted by Crippen LogP contribution is 2.18. The van der Waals surface area contributed by atoms with E-state index in [1.54, 1.807) is 4.52 Å². The Labute approximate surface area is 149 Å². The third-order valence-corrected chi connectivity index (χ3v) is 3.88. The first-order valence-electron chi connectivity index (χ1n) is 8.03. The number of fused-ring (bicyclic) bond motifs is 1. The molecule has 0 aliphatic heterocycles. The van der Waals surface area contributed by atoms with Gasteiger partial charge in [0, 0.05) is 18.0 Å². The molecule has 1 N–H and O–H groups in total. The molecular formula is C18H15N7O. The van der Waals surface area contributed by atoms with Crippen LogP contribution in [-0.2, 0) is 6.54 Å². The summed E-state index contributed by atoms with van der Waals surface area (Å²) in [7, 11) is 0. The van der Waals surface area contributed by atoms with Crippen LogP contribution in [0.2, 0.25) is 0 Å². The zero-order valence-corrected chi connectivity index (χ0v) is 14.0. The molecule has 4 rings (SSSR count). The smallest absolute Gasteiger partial charge is 0.271 e. The monoisotopic (exact) mass is 345 g/mol. The van der Waals surface area contributed by atoms with E-state index in [-0.39, 0.29) is 18.1 Å². The van der Waals surface area contributed by atoms with E-state index in [4.69, 9.17) is 0 Å². The van der Waals surface area contributed by atoms with Crippen molar-refractivity contribution in [3.05, 3.63) is 72.1 Å². The topological polar surface area (TPSA) is 98.0 Å². The molecule has 8 nitrogen and oxygen atoms in total. The zero-order valence-electron chi connectivity index (χ0n) is 14.0. The predicted molar refractivity (Wildman–Crippen MR) is 94.2 cm³/mol. The Hall–Kier alpha value is -3.68. The lowest BCUT2D eigenvalue weighted by Crippen LogP contribution is -2.25. The molecule has 1 aromatic carbocycles. The van der Waals surface area contributed by atoms with Gasteiger partial charge in [-0.1, -0.05) is 29.8 Å². The highest BCUT2D eigenvalue weighted by Gasteiger charge is 2.12. The fourth-order valence-electron chi connectivity index (χ4n) is 2.49. The molecule has 0 fully saturated rings. The van der Waals surface area contributed by atoms with Gasteiger partial charge in [0.15, 0.2) is 11.5 Å². The van der Waals surface area contributed by atoms with Crippen LogP contribution in [0.1, 0.15) is 21.9 Å². The van der Waals surface area contributed by atoms with Crippen LogP contribution in [-0.4, -0.2) is 35.7 Å². The van der Waals surface area contributed by atoms with Gasteiger partial charge in [0.05, 0.1) is 18.4 Å². The normalized spacial score (nSPS) is 10.8. The van der Waals surface area contributed by atoms with Gasteiger partial charge in [-0.05, 0) is 19.1 Å². The largest absolute Gasteiger partial charge is 0.343 e. The molecule has 0 aliphatic carbocycles. The number of nitrogens with one attached hydrogen (secondary N) is 1. The van der Waals surface area contributed by atoms with Crippen LogP contribution in [0.4, 0.5) is 0 Å². The molecule has 3 aromatic heterocycles. The standard InChI is InChI=1S/C18H15N7O/c1-12-2-4-13(5-3-12)14-6-7-16-22-23-17(25(16)24-14)11-21-18(26)15-10-19-8-9-20-15/h2-10H,11H2,1H3,(H,21,26). The number of nitrogens with zero attached hydrogens (tertiary/aromatic N) is 6. The van der Waals surface area contributed by atoms with Crippen molar-refractivity contribution in [2.45, 2.75) is 13.5 Å². The molecule has 0 radical (unpaired) electrons. The second-order valence-electron chi connectivity index (χ2n) is 5.74. The Bertz CT molecular complexity index is 1060. The van der Waals surface area contributed by atoms with Gasteiger partial charge in [0.1, 0.15) is 5.69 Å². The van der Waals surface area contributed by atoms with Crippen molar-refractivity contribution >= 4 is 11.6 Å². The summed E-state index contributed by atoms with van der Waals surface area (Å²) in [6.45, 7) is 2.22. The van der Waals surface area contributed by atoms with Crippen LogP contribution in [0.15, 0.2) is 55.0 Å². The Morgan fingerprint density at radius 2 is 1.92 bits per heavy atom. The molecule has 4 aromatic rings. The molecule has 0 unspecified atom stereocenters. The highest BCUT2D eigenvalue weighted by molar-refractivity contribution is 5.91. The number of hydrogen-bond donors (Lipinski definition) is 1. The molecule has 26 heavy (non-hydrogen) atoms. The Morgan fingerprint density at radius 3 is 2.69 bits per heavy atom. The van der Waals surface area contributed by atoms with Crippen LogP contribution in [0, 0.1) is 6.92 Å². The summed E-state index contributed by atoms with van der Waals surface area (Å²) in [5.74, 6) is 0.204. The number of amides is 1. The Kier molecular flexibility index (Phi) is 4.06. The average Bonchev–Trinajstić information content (AvgIpc) is 3.09. The average molecular weight is 345 g/mol. The number of carbonyl (C=O) groups is 1. The molecular weight excluding hydrogens is 330 g/mol. The van der Waals surface area contributed by atoms with Gasteiger partial charge in [-0.2, -0.15) is 9.61 Å². The van der Waals surface area contributed by atoms with E-state index in [0.29, 0.717) is 11.5 Å². The van der Waals surface area contributed by atoms with Crippen LogP contribution >= 0.6 is 0 Å². The minimum Gasteiger partial charge on any atom is -0.343 e. The molecule has 0 atom stereocenters. The summed E-state index contributed by atoms with van der Waals surface area (Å²) in [4.78, 5) is 20.0. The third-order valence-electron chi connectivity index (χ3n) is 3.88. The minimum atomic E-state index is -0.329. The van der Waals surface area contributed by atoms with E-state index in [1.165, 1.54) is 24.2 Å². The summed E-state index contributed by atoms with van der Waals surface area (Å²) < 4.78 is 1.63. The first-order chi connectivity index (χ1) is 12.7. The van der Waals surface area contributed by atoms with E-state index in [1.807, 2.05) is 43.3 Å². The molecule has 8 heteroatoms. The molecule has 0 aliphatic rings. The first-order valence-corrected chi connectivity index (χ1v) is 8.03. The van der Waals surface area contributed by atoms with E-state index in [0.717, 1.165) is 11.3 Å². The first kappa shape index (κ1) is 15.8. The summed E-state index contributed by atoms with van der Waals surface area (Å²) >= 11 is 0. The van der Waals surface area contributed by atoms with Gasteiger partial charge in [0.2, 0.25) is 0 Å². The Balaban J connectivity index is 1.58. The molecule has 1 amide bonds. The van der Waals surface area contributed by atoms with Crippen molar-refractivity contribution in [1.82, 2.24) is 35.1 Å². The highest BCUT2D eigenvalue weighted by atomic mass is 16.1. The van der Waals surface area contributed by atoms with Crippen LogP contribution in [0.3, 0.4) is 0 Å². The van der Waals surface area contributed by atoms with Crippen molar-refractivity contribution < 1.29 is 4.79 Å². The third kappa shape index (κ3) is 3.12. The molecule has 0 bridgehead atoms. The van der Waals surface area contributed by atoms with E-state index < -0.39 is 0 Å². The van der Waals surface area contributed by atoms with Gasteiger partial charge in [0.25, 0.3) is 5.91 Å². The summed E-state index contributed by atoms with van der Waals surface area (Å²) in [6, 6.07) is 11.9. The molecule has 0 spiro atoms. The molecule has 3 heterocycles. The lowest BCUT2D eigenvalue weighted by Gasteiger charge is -2.05. The fourth-order valence-corrected chi connectivity index (χ4v) is 2.49. The fraction of sp³-hybridized carbons (Fsp3) is 0.111. The van der Waals surface area contributed by atoms with Crippen LogP contribution in [0.5, 0.6) is 0 Å². The number of benzene rings is 1. The zero-order chi connectivity index (χ0) is 17.9. The number of aryl methyl sites for hydroxylation is 1. The lowest BCUT2D eigenvalue weighted by molar-refractivity contribution is 0.0944. The quantitative estimate of drug-likeness (QED) is 0.606. The molecule has 0 saturated heterocycles. The summed E-state index contributed by atoms with van der Waals surface area (Å²) in [5, 5.41) is 15.6. The SMILES string of the molecule is Cc1ccc(-c2ccc3nnc(CNC(=O)c4cnccn4)n3n2)cc1. The van der Waals surface area contributed by atoms with Gasteiger partial charge in [-0.3, -0.25) is 9.78 Å². The molecule has 0 saturated carbocycles. The summed E-state index contributed by atoms with van der Waals surface area (Å²) in [6.07, 6.45) is 4.39. The van der Waals surface area contributed by atoms with E-state index >= 15 is 0 Å². The number of rotatable bonds is 4. The van der Waals surface area contributed by atoms with Crippen molar-refractivity contribution in [3.63, 3.8) is 0 Å². The maximum absolute atomic E-state index is 12.1. The van der Waals surface area contributed by atoms with E-state index in [9.17, 15) is 4.79 Å². The maximum Gasteiger partial charge on any atom is 0.271 e. The summed E-state index contributed by atoms with van der Waals surface area (Å²) in [5.41, 5.74) is 3.85. The number of carbonyl (C=O) groups excluding carboxylic acids is 1. The van der Waals surface area contributed by atoms with Crippen LogP contribution in [0.25, 0.3) is 16.9 Å². The van der Waals surface area contributed by atoms with Crippen molar-refractivity contribution in [1.29, 1.82) is 0 Å². The maximum atomic E-state index is 12.1. The number of hydrogen-bond acceptors (Lipinski definition) is 6. The van der Waals surface area contributed by atoms with Gasteiger partial charge in [-0.15, -0.1) is 10.2 Å². The van der Waals surface area contributed by atoms with Crippen molar-refractivity contribution in [2.24, 2.45) is 0 Å². The minimum absolute atomic E-state index is 0.181. The molecule has 128 valence electrons. The van der Waals surface area contributed by atoms with Crippen molar-refractivity contribution in [3.8, 4) is 11.3 Å².